The number of halogens is 4. The molecule has 1 aromatic heterocycles. The number of rotatable bonds is 5. The van der Waals surface area contributed by atoms with Gasteiger partial charge in [-0.2, -0.15) is 0 Å². The van der Waals surface area contributed by atoms with Crippen LogP contribution in [0.25, 0.3) is 11.3 Å². The highest BCUT2D eigenvalue weighted by molar-refractivity contribution is 6.34. The number of imidazole rings is 1. The molecule has 2 fully saturated rings. The maximum atomic E-state index is 14.3. The molecule has 3 aromatic rings. The van der Waals surface area contributed by atoms with Gasteiger partial charge in [0.25, 0.3) is 18.3 Å². The first-order valence-corrected chi connectivity index (χ1v) is 14.1. The summed E-state index contributed by atoms with van der Waals surface area (Å²) < 4.78 is 42.6. The lowest BCUT2D eigenvalue weighted by Gasteiger charge is -2.37. The SMILES string of the molecule is Cn1c(-c2ccc(F)c(F)c2F)cnc1C(=O)Nc1ccc(C(=O)N2CCN(C(=O)C3CCNCC3)CC2)c(Cl)c1.O=CO. The molecular weight excluding hydrogens is 605 g/mol. The average Bonchev–Trinajstić information content (AvgIpc) is 3.41. The van der Waals surface area contributed by atoms with Crippen LogP contribution < -0.4 is 10.6 Å². The van der Waals surface area contributed by atoms with Crippen molar-refractivity contribution in [1.82, 2.24) is 24.7 Å². The van der Waals surface area contributed by atoms with Gasteiger partial charge in [-0.1, -0.05) is 11.6 Å². The van der Waals surface area contributed by atoms with Crippen molar-refractivity contribution in [3.05, 3.63) is 70.4 Å². The number of hydrogen-bond acceptors (Lipinski definition) is 6. The van der Waals surface area contributed by atoms with Crippen LogP contribution in [0.4, 0.5) is 18.9 Å². The first-order chi connectivity index (χ1) is 21.1. The van der Waals surface area contributed by atoms with Gasteiger partial charge in [0.05, 0.1) is 22.5 Å². The van der Waals surface area contributed by atoms with Gasteiger partial charge in [-0.3, -0.25) is 19.2 Å². The molecular formula is C29H30ClF3N6O5. The summed E-state index contributed by atoms with van der Waals surface area (Å²) in [5.41, 5.74) is 0.372. The van der Waals surface area contributed by atoms with E-state index in [1.54, 1.807) is 4.90 Å². The number of carboxylic acid groups (broad SMARTS) is 1. The number of carbonyl (C=O) groups excluding carboxylic acids is 3. The van der Waals surface area contributed by atoms with E-state index in [1.165, 1.54) is 36.0 Å². The van der Waals surface area contributed by atoms with E-state index < -0.39 is 23.4 Å². The van der Waals surface area contributed by atoms with Crippen LogP contribution in [0.15, 0.2) is 36.5 Å². The molecule has 0 radical (unpaired) electrons. The Morgan fingerprint density at radius 3 is 2.30 bits per heavy atom. The minimum atomic E-state index is -1.62. The molecule has 2 saturated heterocycles. The van der Waals surface area contributed by atoms with Crippen molar-refractivity contribution < 1.29 is 37.5 Å². The summed E-state index contributed by atoms with van der Waals surface area (Å²) in [6.45, 7) is 3.13. The van der Waals surface area contributed by atoms with Gasteiger partial charge in [-0.15, -0.1) is 0 Å². The van der Waals surface area contributed by atoms with Crippen molar-refractivity contribution in [3.8, 4) is 11.3 Å². The van der Waals surface area contributed by atoms with Crippen molar-refractivity contribution in [2.24, 2.45) is 13.0 Å². The summed E-state index contributed by atoms with van der Waals surface area (Å²) in [6, 6.07) is 6.32. The second kappa shape index (κ2) is 14.4. The Kier molecular flexibility index (Phi) is 10.6. The van der Waals surface area contributed by atoms with E-state index in [4.69, 9.17) is 21.5 Å². The minimum Gasteiger partial charge on any atom is -0.483 e. The monoisotopic (exact) mass is 634 g/mol. The lowest BCUT2D eigenvalue weighted by Crippen LogP contribution is -2.52. The summed E-state index contributed by atoms with van der Waals surface area (Å²) in [7, 11) is 1.44. The molecule has 0 spiro atoms. The van der Waals surface area contributed by atoms with Crippen molar-refractivity contribution >= 4 is 41.5 Å². The fourth-order valence-corrected chi connectivity index (χ4v) is 5.44. The molecule has 0 aliphatic carbocycles. The molecule has 2 aromatic carbocycles. The van der Waals surface area contributed by atoms with Crippen LogP contribution in [0.2, 0.25) is 5.02 Å². The van der Waals surface area contributed by atoms with E-state index in [9.17, 15) is 27.6 Å². The molecule has 44 heavy (non-hydrogen) atoms. The zero-order valence-corrected chi connectivity index (χ0v) is 24.4. The van der Waals surface area contributed by atoms with Gasteiger partial charge in [0.2, 0.25) is 5.91 Å². The molecule has 0 saturated carbocycles. The first kappa shape index (κ1) is 32.5. The van der Waals surface area contributed by atoms with E-state index >= 15 is 0 Å². The lowest BCUT2D eigenvalue weighted by atomic mass is 9.96. The topological polar surface area (TPSA) is 137 Å². The summed E-state index contributed by atoms with van der Waals surface area (Å²) in [5, 5.41) is 12.9. The summed E-state index contributed by atoms with van der Waals surface area (Å²) in [5.74, 6) is -5.21. The molecule has 15 heteroatoms. The summed E-state index contributed by atoms with van der Waals surface area (Å²) in [6.07, 6.45) is 2.83. The Labute approximate surface area is 255 Å². The maximum absolute atomic E-state index is 14.3. The zero-order chi connectivity index (χ0) is 32.0. The van der Waals surface area contributed by atoms with E-state index in [0.717, 1.165) is 38.1 Å². The predicted molar refractivity (Wildman–Crippen MR) is 155 cm³/mol. The molecule has 0 bridgehead atoms. The van der Waals surface area contributed by atoms with Crippen LogP contribution in [-0.4, -0.2) is 87.9 Å². The third-order valence-corrected chi connectivity index (χ3v) is 7.84. The first-order valence-electron chi connectivity index (χ1n) is 13.7. The fourth-order valence-electron chi connectivity index (χ4n) is 5.18. The number of aromatic nitrogens is 2. The third-order valence-electron chi connectivity index (χ3n) is 7.53. The standard InChI is InChI=1S/C28H28ClF3N6O3.CH2O2/c1-36-22(19-4-5-21(30)24(32)23(19)31)15-34-25(36)26(39)35-17-2-3-18(20(29)14-17)28(41)38-12-10-37(11-13-38)27(40)16-6-8-33-9-7-16;2-1-3/h2-5,14-16,33H,6-13H2,1H3,(H,35,39);1H,(H,2,3). The van der Waals surface area contributed by atoms with Gasteiger partial charge < -0.3 is 30.1 Å². The molecule has 2 aliphatic heterocycles. The Balaban J connectivity index is 0.00000141. The van der Waals surface area contributed by atoms with Gasteiger partial charge in [0, 0.05) is 50.4 Å². The quantitative estimate of drug-likeness (QED) is 0.289. The van der Waals surface area contributed by atoms with Gasteiger partial charge in [-0.25, -0.2) is 18.2 Å². The number of piperidine rings is 1. The number of carbonyl (C=O) groups is 4. The molecule has 3 heterocycles. The Morgan fingerprint density at radius 2 is 1.66 bits per heavy atom. The minimum absolute atomic E-state index is 0.0279. The molecule has 5 rings (SSSR count). The second-order valence-electron chi connectivity index (χ2n) is 10.1. The maximum Gasteiger partial charge on any atom is 0.291 e. The van der Waals surface area contributed by atoms with Crippen LogP contribution >= 0.6 is 11.6 Å². The molecule has 2 aliphatic rings. The van der Waals surface area contributed by atoms with Gasteiger partial charge in [0.15, 0.2) is 23.3 Å². The molecule has 0 atom stereocenters. The number of nitrogens with zero attached hydrogens (tertiary/aromatic N) is 4. The van der Waals surface area contributed by atoms with Crippen LogP contribution in [0.1, 0.15) is 33.8 Å². The number of piperazine rings is 1. The van der Waals surface area contributed by atoms with Crippen molar-refractivity contribution in [1.29, 1.82) is 0 Å². The number of benzene rings is 2. The van der Waals surface area contributed by atoms with Crippen LogP contribution in [0.3, 0.4) is 0 Å². The van der Waals surface area contributed by atoms with Crippen LogP contribution in [-0.2, 0) is 16.6 Å². The van der Waals surface area contributed by atoms with E-state index in [2.05, 4.69) is 15.6 Å². The van der Waals surface area contributed by atoms with Gasteiger partial charge in [0.1, 0.15) is 0 Å². The lowest BCUT2D eigenvalue weighted by molar-refractivity contribution is -0.137. The highest BCUT2D eigenvalue weighted by Crippen LogP contribution is 2.28. The van der Waals surface area contributed by atoms with Crippen LogP contribution in [0.5, 0.6) is 0 Å². The van der Waals surface area contributed by atoms with Gasteiger partial charge >= 0.3 is 0 Å². The molecule has 0 unspecified atom stereocenters. The van der Waals surface area contributed by atoms with Crippen molar-refractivity contribution in [2.45, 2.75) is 12.8 Å². The average molecular weight is 635 g/mol. The molecule has 3 amide bonds. The van der Waals surface area contributed by atoms with Gasteiger partial charge in [-0.05, 0) is 56.3 Å². The van der Waals surface area contributed by atoms with E-state index in [-0.39, 0.29) is 57.6 Å². The number of amides is 3. The number of anilines is 1. The number of nitrogens with one attached hydrogen (secondary N) is 2. The third kappa shape index (κ3) is 7.03. The Bertz CT molecular complexity index is 1550. The van der Waals surface area contributed by atoms with Crippen molar-refractivity contribution in [3.63, 3.8) is 0 Å². The second-order valence-corrected chi connectivity index (χ2v) is 10.6. The normalized spacial score (nSPS) is 15.3. The van der Waals surface area contributed by atoms with E-state index in [0.29, 0.717) is 26.2 Å². The van der Waals surface area contributed by atoms with Crippen molar-refractivity contribution in [2.75, 3.05) is 44.6 Å². The molecule has 3 N–H and O–H groups in total. The van der Waals surface area contributed by atoms with Crippen LogP contribution in [0, 0.1) is 23.4 Å². The Hall–Kier alpha value is -4.43. The number of hydrogen-bond donors (Lipinski definition) is 3. The summed E-state index contributed by atoms with van der Waals surface area (Å²) >= 11 is 6.42. The highest BCUT2D eigenvalue weighted by Gasteiger charge is 2.30. The molecule has 234 valence electrons. The predicted octanol–water partition coefficient (Wildman–Crippen LogP) is 3.39. The summed E-state index contributed by atoms with van der Waals surface area (Å²) in [4.78, 5) is 54.7. The smallest absolute Gasteiger partial charge is 0.291 e. The highest BCUT2D eigenvalue weighted by atomic mass is 35.5. The van der Waals surface area contributed by atoms with E-state index in [1.807, 2.05) is 4.90 Å². The molecule has 11 nitrogen and oxygen atoms in total. The Morgan fingerprint density at radius 1 is 1.02 bits per heavy atom. The zero-order valence-electron chi connectivity index (χ0n) is 23.7. The largest absolute Gasteiger partial charge is 0.483 e. The fraction of sp³-hybridized carbons (Fsp3) is 0.345.